The zero-order chi connectivity index (χ0) is 12.1. The van der Waals surface area contributed by atoms with E-state index in [1.807, 2.05) is 0 Å². The maximum atomic E-state index is 12.0. The number of hydrogen-bond acceptors (Lipinski definition) is 1. The van der Waals surface area contributed by atoms with E-state index in [1.54, 1.807) is 0 Å². The molecular formula is C12H13F3O. The van der Waals surface area contributed by atoms with Crippen LogP contribution in [0.1, 0.15) is 32.1 Å². The Bertz CT molecular complexity index is 321. The van der Waals surface area contributed by atoms with E-state index in [9.17, 15) is 13.2 Å². The van der Waals surface area contributed by atoms with Crippen LogP contribution in [0.25, 0.3) is 0 Å². The van der Waals surface area contributed by atoms with Crippen molar-refractivity contribution >= 4 is 0 Å². The summed E-state index contributed by atoms with van der Waals surface area (Å²) in [4.78, 5) is 0. The van der Waals surface area contributed by atoms with E-state index < -0.39 is 11.8 Å². The molecule has 1 rings (SSSR count). The molecule has 0 aromatic heterocycles. The SMILES string of the molecule is C#CCOC1(C#CC(F)(F)F)CCCCC1. The summed E-state index contributed by atoms with van der Waals surface area (Å²) in [7, 11) is 0. The number of halogens is 3. The van der Waals surface area contributed by atoms with Crippen molar-refractivity contribution in [3.63, 3.8) is 0 Å². The molecule has 0 aliphatic heterocycles. The minimum absolute atomic E-state index is 0.00649. The van der Waals surface area contributed by atoms with Crippen molar-refractivity contribution in [2.75, 3.05) is 6.61 Å². The fourth-order valence-corrected chi connectivity index (χ4v) is 1.79. The largest absolute Gasteiger partial charge is 0.457 e. The minimum Gasteiger partial charge on any atom is -0.350 e. The lowest BCUT2D eigenvalue weighted by Crippen LogP contribution is -2.34. The molecular weight excluding hydrogens is 217 g/mol. The van der Waals surface area contributed by atoms with Crippen LogP contribution in [0.4, 0.5) is 13.2 Å². The number of alkyl halides is 3. The lowest BCUT2D eigenvalue weighted by atomic mass is 9.85. The van der Waals surface area contributed by atoms with Gasteiger partial charge in [-0.3, -0.25) is 0 Å². The summed E-state index contributed by atoms with van der Waals surface area (Å²) >= 11 is 0. The highest BCUT2D eigenvalue weighted by molar-refractivity contribution is 5.18. The summed E-state index contributed by atoms with van der Waals surface area (Å²) in [5.41, 5.74) is -0.986. The zero-order valence-electron chi connectivity index (χ0n) is 8.86. The summed E-state index contributed by atoms with van der Waals surface area (Å²) in [5.74, 6) is 5.78. The Morgan fingerprint density at radius 3 is 2.31 bits per heavy atom. The Morgan fingerprint density at radius 2 is 1.81 bits per heavy atom. The first-order valence-corrected chi connectivity index (χ1v) is 5.16. The molecule has 0 aromatic carbocycles. The van der Waals surface area contributed by atoms with Gasteiger partial charge in [0.15, 0.2) is 0 Å². The van der Waals surface area contributed by atoms with E-state index in [1.165, 1.54) is 5.92 Å². The van der Waals surface area contributed by atoms with Crippen LogP contribution in [-0.4, -0.2) is 18.4 Å². The van der Waals surface area contributed by atoms with Crippen LogP contribution < -0.4 is 0 Å². The fourth-order valence-electron chi connectivity index (χ4n) is 1.79. The lowest BCUT2D eigenvalue weighted by molar-refractivity contribution is -0.0713. The van der Waals surface area contributed by atoms with E-state index in [-0.39, 0.29) is 6.61 Å². The van der Waals surface area contributed by atoms with Crippen molar-refractivity contribution in [1.29, 1.82) is 0 Å². The third-order valence-electron chi connectivity index (χ3n) is 2.53. The van der Waals surface area contributed by atoms with Crippen LogP contribution in [0.2, 0.25) is 0 Å². The van der Waals surface area contributed by atoms with E-state index in [4.69, 9.17) is 11.2 Å². The molecule has 0 heterocycles. The molecule has 0 saturated heterocycles. The average Bonchev–Trinajstić information content (AvgIpc) is 2.24. The molecule has 0 amide bonds. The van der Waals surface area contributed by atoms with Gasteiger partial charge in [0.25, 0.3) is 0 Å². The second kappa shape index (κ2) is 5.27. The lowest BCUT2D eigenvalue weighted by Gasteiger charge is -2.31. The van der Waals surface area contributed by atoms with Gasteiger partial charge in [-0.2, -0.15) is 13.2 Å². The van der Waals surface area contributed by atoms with Crippen molar-refractivity contribution in [1.82, 2.24) is 0 Å². The third-order valence-corrected chi connectivity index (χ3v) is 2.53. The zero-order valence-corrected chi connectivity index (χ0v) is 8.86. The van der Waals surface area contributed by atoms with Gasteiger partial charge in [0.2, 0.25) is 0 Å². The van der Waals surface area contributed by atoms with Gasteiger partial charge in [-0.1, -0.05) is 18.3 Å². The van der Waals surface area contributed by atoms with Crippen LogP contribution >= 0.6 is 0 Å². The molecule has 0 atom stereocenters. The summed E-state index contributed by atoms with van der Waals surface area (Å²) < 4.78 is 41.4. The van der Waals surface area contributed by atoms with Gasteiger partial charge in [-0.05, 0) is 25.7 Å². The second-order valence-corrected chi connectivity index (χ2v) is 3.80. The summed E-state index contributed by atoms with van der Waals surface area (Å²) in [6.07, 6.45) is 4.29. The Balaban J connectivity index is 2.77. The van der Waals surface area contributed by atoms with Gasteiger partial charge in [-0.25, -0.2) is 0 Å². The summed E-state index contributed by atoms with van der Waals surface area (Å²) in [6.45, 7) is 0.00649. The van der Waals surface area contributed by atoms with Gasteiger partial charge in [0, 0.05) is 5.92 Å². The maximum Gasteiger partial charge on any atom is 0.457 e. The van der Waals surface area contributed by atoms with E-state index in [0.29, 0.717) is 12.8 Å². The number of hydrogen-bond donors (Lipinski definition) is 0. The smallest absolute Gasteiger partial charge is 0.350 e. The van der Waals surface area contributed by atoms with Crippen molar-refractivity contribution in [2.24, 2.45) is 0 Å². The van der Waals surface area contributed by atoms with Gasteiger partial charge >= 0.3 is 6.18 Å². The summed E-state index contributed by atoms with van der Waals surface area (Å²) in [5, 5.41) is 0. The Kier molecular flexibility index (Phi) is 4.26. The molecule has 1 saturated carbocycles. The molecule has 0 N–H and O–H groups in total. The topological polar surface area (TPSA) is 9.23 Å². The standard InChI is InChI=1S/C12H13F3O/c1-2-10-16-11(6-4-3-5-7-11)8-9-12(13,14)15/h1H,3-7,10H2. The maximum absolute atomic E-state index is 12.0. The predicted molar refractivity (Wildman–Crippen MR) is 54.4 cm³/mol. The van der Waals surface area contributed by atoms with Crippen LogP contribution in [0.15, 0.2) is 0 Å². The monoisotopic (exact) mass is 230 g/mol. The number of rotatable bonds is 2. The van der Waals surface area contributed by atoms with E-state index in [0.717, 1.165) is 19.3 Å². The Hall–Kier alpha value is -1.13. The molecule has 0 radical (unpaired) electrons. The molecule has 0 aromatic rings. The third kappa shape index (κ3) is 4.16. The Labute approximate surface area is 93.4 Å². The highest BCUT2D eigenvalue weighted by atomic mass is 19.4. The molecule has 88 valence electrons. The first kappa shape index (κ1) is 12.9. The first-order valence-electron chi connectivity index (χ1n) is 5.16. The van der Waals surface area contributed by atoms with Gasteiger partial charge in [-0.15, -0.1) is 6.42 Å². The average molecular weight is 230 g/mol. The second-order valence-electron chi connectivity index (χ2n) is 3.80. The van der Waals surface area contributed by atoms with Crippen LogP contribution in [0.5, 0.6) is 0 Å². The van der Waals surface area contributed by atoms with Gasteiger partial charge in [0.1, 0.15) is 12.2 Å². The minimum atomic E-state index is -4.47. The van der Waals surface area contributed by atoms with E-state index >= 15 is 0 Å². The predicted octanol–water partition coefficient (Wildman–Crippen LogP) is 2.90. The number of ether oxygens (including phenoxy) is 1. The summed E-state index contributed by atoms with van der Waals surface area (Å²) in [6, 6.07) is 0. The van der Waals surface area contributed by atoms with Crippen molar-refractivity contribution < 1.29 is 17.9 Å². The van der Waals surface area contributed by atoms with E-state index in [2.05, 4.69) is 11.8 Å². The van der Waals surface area contributed by atoms with Crippen LogP contribution in [-0.2, 0) is 4.74 Å². The molecule has 4 heteroatoms. The van der Waals surface area contributed by atoms with Crippen molar-refractivity contribution in [2.45, 2.75) is 43.9 Å². The normalized spacial score (nSPS) is 19.4. The van der Waals surface area contributed by atoms with Gasteiger partial charge < -0.3 is 4.74 Å². The van der Waals surface area contributed by atoms with Crippen LogP contribution in [0, 0.1) is 24.2 Å². The van der Waals surface area contributed by atoms with Crippen molar-refractivity contribution in [3.05, 3.63) is 0 Å². The first-order chi connectivity index (χ1) is 7.47. The van der Waals surface area contributed by atoms with Crippen LogP contribution in [0.3, 0.4) is 0 Å². The highest BCUT2D eigenvalue weighted by Crippen LogP contribution is 2.31. The van der Waals surface area contributed by atoms with Crippen molar-refractivity contribution in [3.8, 4) is 24.2 Å². The molecule has 0 unspecified atom stereocenters. The Morgan fingerprint density at radius 1 is 1.19 bits per heavy atom. The molecule has 1 nitrogen and oxygen atoms in total. The molecule has 1 aliphatic carbocycles. The fraction of sp³-hybridized carbons (Fsp3) is 0.667. The molecule has 0 spiro atoms. The number of terminal acetylenes is 1. The molecule has 1 aliphatic rings. The van der Waals surface area contributed by atoms with Gasteiger partial charge in [0.05, 0.1) is 0 Å². The molecule has 16 heavy (non-hydrogen) atoms. The highest BCUT2D eigenvalue weighted by Gasteiger charge is 2.33. The molecule has 1 fully saturated rings. The quantitative estimate of drug-likeness (QED) is 0.663. The molecule has 0 bridgehead atoms.